The Morgan fingerprint density at radius 1 is 1.19 bits per heavy atom. The summed E-state index contributed by atoms with van der Waals surface area (Å²) in [6.45, 7) is 3.49. The van der Waals surface area contributed by atoms with Gasteiger partial charge in [-0.2, -0.15) is 0 Å². The van der Waals surface area contributed by atoms with Gasteiger partial charge in [-0.15, -0.1) is 0 Å². The summed E-state index contributed by atoms with van der Waals surface area (Å²) in [5, 5.41) is 3.87. The molecule has 1 spiro atoms. The first-order valence-corrected chi connectivity index (χ1v) is 7.03. The Morgan fingerprint density at radius 2 is 1.88 bits per heavy atom. The largest absolute Gasteiger partial charge is 0.310 e. The highest BCUT2D eigenvalue weighted by Gasteiger charge is 2.46. The molecule has 0 saturated heterocycles. The fourth-order valence-corrected chi connectivity index (χ4v) is 3.76. The van der Waals surface area contributed by atoms with Crippen LogP contribution in [0.2, 0.25) is 0 Å². The van der Waals surface area contributed by atoms with Crippen LogP contribution in [0.25, 0.3) is 0 Å². The summed E-state index contributed by atoms with van der Waals surface area (Å²) < 4.78 is 0. The molecular weight excluding hydrogens is 196 g/mol. The molecule has 2 aliphatic carbocycles. The molecule has 2 heteroatoms. The molecule has 0 aliphatic heterocycles. The summed E-state index contributed by atoms with van der Waals surface area (Å²) in [5.74, 6) is 0. The lowest BCUT2D eigenvalue weighted by molar-refractivity contribution is 0.0160. The maximum Gasteiger partial charge on any atom is 0.0169 e. The van der Waals surface area contributed by atoms with Gasteiger partial charge in [0.15, 0.2) is 0 Å². The van der Waals surface area contributed by atoms with E-state index in [0.717, 1.165) is 12.6 Å². The van der Waals surface area contributed by atoms with E-state index in [1.165, 1.54) is 44.9 Å². The van der Waals surface area contributed by atoms with Crippen LogP contribution in [0.5, 0.6) is 0 Å². The summed E-state index contributed by atoms with van der Waals surface area (Å²) >= 11 is 0. The normalized spacial score (nSPS) is 30.4. The van der Waals surface area contributed by atoms with Crippen molar-refractivity contribution in [3.05, 3.63) is 0 Å². The lowest BCUT2D eigenvalue weighted by Crippen LogP contribution is -2.57. The van der Waals surface area contributed by atoms with Crippen LogP contribution in [-0.2, 0) is 0 Å². The smallest absolute Gasteiger partial charge is 0.0169 e. The predicted octanol–water partition coefficient (Wildman–Crippen LogP) is 2.64. The molecular formula is C14H28N2. The number of rotatable bonds is 4. The molecule has 0 radical (unpaired) electrons. The van der Waals surface area contributed by atoms with Crippen LogP contribution in [-0.4, -0.2) is 37.6 Å². The van der Waals surface area contributed by atoms with Crippen molar-refractivity contribution in [2.24, 2.45) is 5.41 Å². The zero-order valence-electron chi connectivity index (χ0n) is 11.3. The van der Waals surface area contributed by atoms with Gasteiger partial charge in [0, 0.05) is 18.6 Å². The van der Waals surface area contributed by atoms with Gasteiger partial charge in [-0.05, 0) is 52.1 Å². The number of hydrogen-bond acceptors (Lipinski definition) is 2. The Morgan fingerprint density at radius 3 is 2.38 bits per heavy atom. The average molecular weight is 224 g/mol. The minimum Gasteiger partial charge on any atom is -0.310 e. The third kappa shape index (κ3) is 2.60. The van der Waals surface area contributed by atoms with Crippen molar-refractivity contribution < 1.29 is 0 Å². The van der Waals surface area contributed by atoms with E-state index >= 15 is 0 Å². The summed E-state index contributed by atoms with van der Waals surface area (Å²) in [6, 6.07) is 1.46. The first-order valence-electron chi connectivity index (χ1n) is 7.03. The molecule has 2 aliphatic rings. The second-order valence-corrected chi connectivity index (χ2v) is 6.34. The molecule has 16 heavy (non-hydrogen) atoms. The van der Waals surface area contributed by atoms with Crippen LogP contribution >= 0.6 is 0 Å². The van der Waals surface area contributed by atoms with Gasteiger partial charge < -0.3 is 10.2 Å². The highest BCUT2D eigenvalue weighted by Crippen LogP contribution is 2.51. The van der Waals surface area contributed by atoms with Gasteiger partial charge in [0.1, 0.15) is 0 Å². The Kier molecular flexibility index (Phi) is 3.91. The van der Waals surface area contributed by atoms with Crippen LogP contribution in [0.4, 0.5) is 0 Å². The topological polar surface area (TPSA) is 15.3 Å². The molecule has 0 aromatic heterocycles. The summed E-state index contributed by atoms with van der Waals surface area (Å²) in [7, 11) is 4.32. The minimum absolute atomic E-state index is 0.638. The molecule has 1 N–H and O–H groups in total. The van der Waals surface area contributed by atoms with E-state index in [4.69, 9.17) is 0 Å². The number of hydrogen-bond donors (Lipinski definition) is 1. The highest BCUT2D eigenvalue weighted by atomic mass is 15.1. The van der Waals surface area contributed by atoms with Crippen LogP contribution in [0.15, 0.2) is 0 Å². The molecule has 2 atom stereocenters. The van der Waals surface area contributed by atoms with Crippen LogP contribution < -0.4 is 5.32 Å². The quantitative estimate of drug-likeness (QED) is 0.790. The van der Waals surface area contributed by atoms with Crippen LogP contribution in [0.3, 0.4) is 0 Å². The number of nitrogens with zero attached hydrogens (tertiary/aromatic N) is 1. The first-order chi connectivity index (χ1) is 7.62. The van der Waals surface area contributed by atoms with Gasteiger partial charge >= 0.3 is 0 Å². The Hall–Kier alpha value is -0.0800. The average Bonchev–Trinajstić information content (AvgIpc) is 2.25. The maximum atomic E-state index is 3.87. The first kappa shape index (κ1) is 12.4. The summed E-state index contributed by atoms with van der Waals surface area (Å²) in [5.41, 5.74) is 0.707. The molecule has 0 aromatic rings. The number of likely N-dealkylation sites (N-methyl/N-ethyl adjacent to an activating group) is 1. The van der Waals surface area contributed by atoms with Crippen molar-refractivity contribution in [1.29, 1.82) is 0 Å². The Labute approximate surface area is 101 Å². The van der Waals surface area contributed by atoms with E-state index in [2.05, 4.69) is 31.2 Å². The van der Waals surface area contributed by atoms with Crippen molar-refractivity contribution in [2.45, 2.75) is 64.0 Å². The van der Waals surface area contributed by atoms with E-state index in [0.29, 0.717) is 11.5 Å². The third-order valence-corrected chi connectivity index (χ3v) is 4.64. The molecule has 94 valence electrons. The van der Waals surface area contributed by atoms with E-state index in [1.54, 1.807) is 0 Å². The second kappa shape index (κ2) is 5.05. The zero-order valence-corrected chi connectivity index (χ0v) is 11.3. The number of nitrogens with one attached hydrogen (secondary N) is 1. The van der Waals surface area contributed by atoms with Gasteiger partial charge in [0.2, 0.25) is 0 Å². The molecule has 0 bridgehead atoms. The molecule has 2 rings (SSSR count). The van der Waals surface area contributed by atoms with Gasteiger partial charge in [-0.1, -0.05) is 19.3 Å². The fraction of sp³-hybridized carbons (Fsp3) is 1.00. The van der Waals surface area contributed by atoms with Gasteiger partial charge in [-0.25, -0.2) is 0 Å². The minimum atomic E-state index is 0.638. The molecule has 2 nitrogen and oxygen atoms in total. The van der Waals surface area contributed by atoms with E-state index < -0.39 is 0 Å². The third-order valence-electron chi connectivity index (χ3n) is 4.64. The lowest BCUT2D eigenvalue weighted by atomic mass is 9.57. The Bertz CT molecular complexity index is 219. The van der Waals surface area contributed by atoms with Gasteiger partial charge in [0.25, 0.3) is 0 Å². The van der Waals surface area contributed by atoms with Crippen molar-refractivity contribution in [3.63, 3.8) is 0 Å². The van der Waals surface area contributed by atoms with Crippen molar-refractivity contribution in [3.8, 4) is 0 Å². The summed E-state index contributed by atoms with van der Waals surface area (Å²) in [4.78, 5) is 2.28. The maximum absolute atomic E-state index is 3.87. The molecule has 0 amide bonds. The second-order valence-electron chi connectivity index (χ2n) is 6.34. The molecule has 0 heterocycles. The molecule has 2 fully saturated rings. The zero-order chi connectivity index (χ0) is 11.6. The molecule has 2 unspecified atom stereocenters. The van der Waals surface area contributed by atoms with Crippen molar-refractivity contribution >= 4 is 0 Å². The SMILES string of the molecule is CC(CN(C)C)NC1CCC12CCCCC2. The molecule has 0 aromatic carbocycles. The highest BCUT2D eigenvalue weighted by molar-refractivity contribution is 5.02. The Balaban J connectivity index is 1.81. The summed E-state index contributed by atoms with van der Waals surface area (Å²) in [6.07, 6.45) is 10.3. The standard InChI is InChI=1S/C14H28N2/c1-12(11-16(2)3)15-13-7-10-14(13)8-5-4-6-9-14/h12-13,15H,4-11H2,1-3H3. The van der Waals surface area contributed by atoms with E-state index in [1.807, 2.05) is 0 Å². The lowest BCUT2D eigenvalue weighted by Gasteiger charge is -2.53. The van der Waals surface area contributed by atoms with Crippen molar-refractivity contribution in [2.75, 3.05) is 20.6 Å². The van der Waals surface area contributed by atoms with Crippen LogP contribution in [0.1, 0.15) is 51.9 Å². The van der Waals surface area contributed by atoms with Gasteiger partial charge in [0.05, 0.1) is 0 Å². The van der Waals surface area contributed by atoms with E-state index in [-0.39, 0.29) is 0 Å². The van der Waals surface area contributed by atoms with Gasteiger partial charge in [-0.3, -0.25) is 0 Å². The van der Waals surface area contributed by atoms with Crippen molar-refractivity contribution in [1.82, 2.24) is 10.2 Å². The van der Waals surface area contributed by atoms with E-state index in [9.17, 15) is 0 Å². The fourth-order valence-electron chi connectivity index (χ4n) is 3.76. The molecule has 2 saturated carbocycles. The monoisotopic (exact) mass is 224 g/mol. The van der Waals surface area contributed by atoms with Crippen LogP contribution in [0, 0.1) is 5.41 Å². The predicted molar refractivity (Wildman–Crippen MR) is 69.7 cm³/mol.